The van der Waals surface area contributed by atoms with Gasteiger partial charge >= 0.3 is 0 Å². The zero-order valence-electron chi connectivity index (χ0n) is 14.4. The van der Waals surface area contributed by atoms with Gasteiger partial charge in [-0.15, -0.1) is 0 Å². The van der Waals surface area contributed by atoms with Gasteiger partial charge in [-0.25, -0.2) is 0 Å². The minimum absolute atomic E-state index is 0.0472. The molecule has 2 rings (SSSR count). The Morgan fingerprint density at radius 3 is 1.86 bits per heavy atom. The molecule has 0 atom stereocenters. The Bertz CT molecular complexity index is 641. The molecule has 1 N–H and O–H groups in total. The lowest BCUT2D eigenvalue weighted by Gasteiger charge is -2.23. The maximum absolute atomic E-state index is 9.75. The highest BCUT2D eigenvalue weighted by molar-refractivity contribution is 5.46. The number of aromatic hydroxyl groups is 1. The van der Waals surface area contributed by atoms with Gasteiger partial charge in [-0.05, 0) is 34.6 Å². The van der Waals surface area contributed by atoms with Crippen LogP contribution in [0.1, 0.15) is 52.7 Å². The standard InChI is InChI=1S/C20H26O2/c1-19(2,3)14-7-10-16(11-8-14)22-18-13-15(21)9-12-17(18)20(4,5)6/h7-13,21H,1-6H3. The maximum Gasteiger partial charge on any atom is 0.134 e. The lowest BCUT2D eigenvalue weighted by molar-refractivity contribution is 0.438. The predicted molar refractivity (Wildman–Crippen MR) is 92.0 cm³/mol. The second-order valence-electron chi connectivity index (χ2n) is 7.81. The second-order valence-corrected chi connectivity index (χ2v) is 7.81. The van der Waals surface area contributed by atoms with E-state index in [-0.39, 0.29) is 16.6 Å². The molecular formula is C20H26O2. The molecule has 0 spiro atoms. The highest BCUT2D eigenvalue weighted by Crippen LogP contribution is 2.36. The van der Waals surface area contributed by atoms with Crippen LogP contribution in [0.15, 0.2) is 42.5 Å². The van der Waals surface area contributed by atoms with Gasteiger partial charge < -0.3 is 9.84 Å². The van der Waals surface area contributed by atoms with E-state index >= 15 is 0 Å². The molecule has 2 aromatic rings. The van der Waals surface area contributed by atoms with Crippen LogP contribution in [0, 0.1) is 0 Å². The Labute approximate surface area is 133 Å². The van der Waals surface area contributed by atoms with Crippen molar-refractivity contribution in [3.05, 3.63) is 53.6 Å². The number of ether oxygens (including phenoxy) is 1. The van der Waals surface area contributed by atoms with Crippen molar-refractivity contribution >= 4 is 0 Å². The van der Waals surface area contributed by atoms with Crippen LogP contribution < -0.4 is 4.74 Å². The summed E-state index contributed by atoms with van der Waals surface area (Å²) in [5.74, 6) is 1.70. The van der Waals surface area contributed by atoms with E-state index in [1.807, 2.05) is 18.2 Å². The Hall–Kier alpha value is -1.96. The third-order valence-electron chi connectivity index (χ3n) is 3.72. The highest BCUT2D eigenvalue weighted by atomic mass is 16.5. The van der Waals surface area contributed by atoms with Crippen LogP contribution in [0.2, 0.25) is 0 Å². The first-order valence-electron chi connectivity index (χ1n) is 7.69. The number of hydrogen-bond acceptors (Lipinski definition) is 2. The number of benzene rings is 2. The smallest absolute Gasteiger partial charge is 0.134 e. The summed E-state index contributed by atoms with van der Waals surface area (Å²) in [6.07, 6.45) is 0. The van der Waals surface area contributed by atoms with E-state index in [9.17, 15) is 5.11 Å². The normalized spacial score (nSPS) is 12.3. The Morgan fingerprint density at radius 2 is 1.36 bits per heavy atom. The Balaban J connectivity index is 2.33. The van der Waals surface area contributed by atoms with Crippen molar-refractivity contribution in [2.75, 3.05) is 0 Å². The molecule has 0 saturated carbocycles. The summed E-state index contributed by atoms with van der Waals surface area (Å²) in [6.45, 7) is 13.0. The number of phenolic OH excluding ortho intramolecular Hbond substituents is 1. The molecular weight excluding hydrogens is 272 g/mol. The van der Waals surface area contributed by atoms with Crippen molar-refractivity contribution in [1.82, 2.24) is 0 Å². The van der Waals surface area contributed by atoms with Gasteiger partial charge in [0.05, 0.1) is 0 Å². The zero-order valence-corrected chi connectivity index (χ0v) is 14.4. The minimum atomic E-state index is -0.0472. The Morgan fingerprint density at radius 1 is 0.773 bits per heavy atom. The van der Waals surface area contributed by atoms with Crippen molar-refractivity contribution in [2.45, 2.75) is 52.4 Å². The van der Waals surface area contributed by atoms with Crippen molar-refractivity contribution in [3.63, 3.8) is 0 Å². The Kier molecular flexibility index (Phi) is 4.23. The van der Waals surface area contributed by atoms with Gasteiger partial charge in [0, 0.05) is 11.6 Å². The highest BCUT2D eigenvalue weighted by Gasteiger charge is 2.20. The van der Waals surface area contributed by atoms with E-state index in [1.165, 1.54) is 5.56 Å². The molecule has 0 aliphatic carbocycles. The van der Waals surface area contributed by atoms with Gasteiger partial charge in [-0.2, -0.15) is 0 Å². The third-order valence-corrected chi connectivity index (χ3v) is 3.72. The van der Waals surface area contributed by atoms with Gasteiger partial charge in [0.1, 0.15) is 17.2 Å². The first-order valence-corrected chi connectivity index (χ1v) is 7.69. The van der Waals surface area contributed by atoms with Gasteiger partial charge in [-0.3, -0.25) is 0 Å². The molecule has 0 unspecified atom stereocenters. The van der Waals surface area contributed by atoms with Crippen LogP contribution in [-0.4, -0.2) is 5.11 Å². The molecule has 0 aliphatic heterocycles. The van der Waals surface area contributed by atoms with E-state index in [0.29, 0.717) is 5.75 Å². The molecule has 0 aromatic heterocycles. The maximum atomic E-state index is 9.75. The van der Waals surface area contributed by atoms with Crippen molar-refractivity contribution in [1.29, 1.82) is 0 Å². The van der Waals surface area contributed by atoms with E-state index in [2.05, 4.69) is 53.7 Å². The quantitative estimate of drug-likeness (QED) is 0.761. The van der Waals surface area contributed by atoms with Gasteiger partial charge in [-0.1, -0.05) is 59.7 Å². The molecule has 0 bridgehead atoms. The molecule has 2 aromatic carbocycles. The largest absolute Gasteiger partial charge is 0.508 e. The van der Waals surface area contributed by atoms with E-state index in [4.69, 9.17) is 4.74 Å². The molecule has 0 aliphatic rings. The van der Waals surface area contributed by atoms with Crippen LogP contribution in [0.4, 0.5) is 0 Å². The first-order chi connectivity index (χ1) is 10.1. The second kappa shape index (κ2) is 5.68. The predicted octanol–water partition coefficient (Wildman–Crippen LogP) is 5.78. The fourth-order valence-electron chi connectivity index (χ4n) is 2.37. The van der Waals surface area contributed by atoms with E-state index in [1.54, 1.807) is 12.1 Å². The van der Waals surface area contributed by atoms with Crippen LogP contribution in [0.5, 0.6) is 17.2 Å². The molecule has 0 heterocycles. The van der Waals surface area contributed by atoms with Crippen LogP contribution in [0.3, 0.4) is 0 Å². The monoisotopic (exact) mass is 298 g/mol. The van der Waals surface area contributed by atoms with E-state index in [0.717, 1.165) is 11.3 Å². The molecule has 0 fully saturated rings. The summed E-state index contributed by atoms with van der Waals surface area (Å²) in [5, 5.41) is 9.75. The van der Waals surface area contributed by atoms with Crippen molar-refractivity contribution < 1.29 is 9.84 Å². The third kappa shape index (κ3) is 3.82. The van der Waals surface area contributed by atoms with Crippen LogP contribution >= 0.6 is 0 Å². The van der Waals surface area contributed by atoms with Gasteiger partial charge in [0.2, 0.25) is 0 Å². The molecule has 22 heavy (non-hydrogen) atoms. The van der Waals surface area contributed by atoms with Crippen molar-refractivity contribution in [2.24, 2.45) is 0 Å². The average Bonchev–Trinajstić information content (AvgIpc) is 2.36. The molecule has 0 radical (unpaired) electrons. The zero-order chi connectivity index (χ0) is 16.5. The molecule has 2 nitrogen and oxygen atoms in total. The number of phenols is 1. The fourth-order valence-corrected chi connectivity index (χ4v) is 2.37. The average molecular weight is 298 g/mol. The number of hydrogen-bond donors (Lipinski definition) is 1. The SMILES string of the molecule is CC(C)(C)c1ccc(Oc2cc(O)ccc2C(C)(C)C)cc1. The molecule has 0 saturated heterocycles. The summed E-state index contributed by atoms with van der Waals surface area (Å²) in [4.78, 5) is 0. The summed E-state index contributed by atoms with van der Waals surface area (Å²) < 4.78 is 6.02. The molecule has 118 valence electrons. The summed E-state index contributed by atoms with van der Waals surface area (Å²) >= 11 is 0. The lowest BCUT2D eigenvalue weighted by Crippen LogP contribution is -2.12. The van der Waals surface area contributed by atoms with Gasteiger partial charge in [0.15, 0.2) is 0 Å². The fraction of sp³-hybridized carbons (Fsp3) is 0.400. The summed E-state index contributed by atoms with van der Waals surface area (Å²) in [6, 6.07) is 13.5. The van der Waals surface area contributed by atoms with Crippen LogP contribution in [-0.2, 0) is 10.8 Å². The van der Waals surface area contributed by atoms with E-state index < -0.39 is 0 Å². The molecule has 2 heteroatoms. The number of rotatable bonds is 2. The lowest BCUT2D eigenvalue weighted by atomic mass is 9.86. The minimum Gasteiger partial charge on any atom is -0.508 e. The van der Waals surface area contributed by atoms with Crippen molar-refractivity contribution in [3.8, 4) is 17.2 Å². The summed E-state index contributed by atoms with van der Waals surface area (Å²) in [7, 11) is 0. The van der Waals surface area contributed by atoms with Crippen LogP contribution in [0.25, 0.3) is 0 Å². The summed E-state index contributed by atoms with van der Waals surface area (Å²) in [5.41, 5.74) is 2.42. The van der Waals surface area contributed by atoms with Gasteiger partial charge in [0.25, 0.3) is 0 Å². The topological polar surface area (TPSA) is 29.5 Å². The molecule has 0 amide bonds. The first kappa shape index (κ1) is 16.4.